The molecule has 168 valence electrons. The van der Waals surface area contributed by atoms with Gasteiger partial charge in [-0.3, -0.25) is 14.4 Å². The van der Waals surface area contributed by atoms with E-state index in [1.165, 1.54) is 4.90 Å². The van der Waals surface area contributed by atoms with E-state index in [-0.39, 0.29) is 37.5 Å². The van der Waals surface area contributed by atoms with Crippen molar-refractivity contribution in [2.24, 2.45) is 23.7 Å². The Kier molecular flexibility index (Phi) is 7.33. The lowest BCUT2D eigenvalue weighted by atomic mass is 9.69. The Labute approximate surface area is 182 Å². The fourth-order valence-electron chi connectivity index (χ4n) is 4.69. The maximum atomic E-state index is 13.3. The lowest BCUT2D eigenvalue weighted by molar-refractivity contribution is -0.155. The van der Waals surface area contributed by atoms with Crippen LogP contribution in [0.3, 0.4) is 0 Å². The molecule has 5 atom stereocenters. The standard InChI is InChI=1S/C23H30N2O6/c1-4-14-6-11-17-19(18(14)23(29)31-5-2)22(28)25(12-13-26)20(17)21(27)24-15-7-9-16(30-3)10-8-15/h6-11,14,17-20,26H,4-5,12-13H2,1-3H3,(H,24,27)/t14-,17+,18-,19+,20+/m1/s1. The minimum absolute atomic E-state index is 0.0205. The van der Waals surface area contributed by atoms with Gasteiger partial charge in [-0.1, -0.05) is 19.1 Å². The fourth-order valence-corrected chi connectivity index (χ4v) is 4.69. The van der Waals surface area contributed by atoms with Crippen molar-refractivity contribution in [3.05, 3.63) is 36.4 Å². The molecule has 1 fully saturated rings. The summed E-state index contributed by atoms with van der Waals surface area (Å²) >= 11 is 0. The van der Waals surface area contributed by atoms with E-state index >= 15 is 0 Å². The molecule has 8 nitrogen and oxygen atoms in total. The topological polar surface area (TPSA) is 105 Å². The Bertz CT molecular complexity index is 837. The number of carbonyl (C=O) groups excluding carboxylic acids is 3. The second-order valence-electron chi connectivity index (χ2n) is 7.76. The lowest BCUT2D eigenvalue weighted by Gasteiger charge is -2.33. The number of nitrogens with one attached hydrogen (secondary N) is 1. The van der Waals surface area contributed by atoms with Crippen LogP contribution in [0, 0.1) is 23.7 Å². The number of likely N-dealkylation sites (tertiary alicyclic amines) is 1. The largest absolute Gasteiger partial charge is 0.497 e. The van der Waals surface area contributed by atoms with Gasteiger partial charge in [-0.2, -0.15) is 0 Å². The van der Waals surface area contributed by atoms with E-state index in [2.05, 4.69) is 5.32 Å². The zero-order valence-corrected chi connectivity index (χ0v) is 18.1. The van der Waals surface area contributed by atoms with Crippen molar-refractivity contribution < 1.29 is 29.0 Å². The average molecular weight is 431 g/mol. The van der Waals surface area contributed by atoms with Gasteiger partial charge in [0.1, 0.15) is 11.8 Å². The van der Waals surface area contributed by atoms with Crippen LogP contribution in [0.4, 0.5) is 5.69 Å². The Balaban J connectivity index is 1.92. The van der Waals surface area contributed by atoms with Crippen molar-refractivity contribution in [3.63, 3.8) is 0 Å². The molecule has 0 radical (unpaired) electrons. The third-order valence-electron chi connectivity index (χ3n) is 6.11. The summed E-state index contributed by atoms with van der Waals surface area (Å²) in [7, 11) is 1.56. The van der Waals surface area contributed by atoms with Crippen molar-refractivity contribution in [1.29, 1.82) is 0 Å². The molecule has 1 aliphatic heterocycles. The van der Waals surface area contributed by atoms with E-state index in [0.29, 0.717) is 17.9 Å². The molecule has 0 unspecified atom stereocenters. The van der Waals surface area contributed by atoms with Crippen LogP contribution < -0.4 is 10.1 Å². The third-order valence-corrected chi connectivity index (χ3v) is 6.11. The molecule has 3 rings (SSSR count). The number of benzene rings is 1. The highest BCUT2D eigenvalue weighted by molar-refractivity contribution is 6.01. The number of amides is 2. The number of nitrogens with zero attached hydrogens (tertiary/aromatic N) is 1. The molecule has 1 heterocycles. The number of hydrogen-bond donors (Lipinski definition) is 2. The number of esters is 1. The molecule has 8 heteroatoms. The van der Waals surface area contributed by atoms with E-state index in [0.717, 1.165) is 0 Å². The van der Waals surface area contributed by atoms with Gasteiger partial charge in [-0.25, -0.2) is 0 Å². The molecule has 31 heavy (non-hydrogen) atoms. The van der Waals surface area contributed by atoms with Gasteiger partial charge in [0.05, 0.1) is 32.2 Å². The van der Waals surface area contributed by atoms with Crippen molar-refractivity contribution in [2.75, 3.05) is 32.2 Å². The lowest BCUT2D eigenvalue weighted by Crippen LogP contribution is -2.45. The Morgan fingerprint density at radius 2 is 1.87 bits per heavy atom. The van der Waals surface area contributed by atoms with Crippen LogP contribution in [0.1, 0.15) is 20.3 Å². The second-order valence-corrected chi connectivity index (χ2v) is 7.76. The molecule has 2 amide bonds. The number of ether oxygens (including phenoxy) is 2. The summed E-state index contributed by atoms with van der Waals surface area (Å²) < 4.78 is 10.4. The second kappa shape index (κ2) is 9.96. The normalized spacial score (nSPS) is 27.0. The average Bonchev–Trinajstić information content (AvgIpc) is 3.05. The van der Waals surface area contributed by atoms with Gasteiger partial charge in [-0.05, 0) is 43.5 Å². The number of rotatable bonds is 8. The quantitative estimate of drug-likeness (QED) is 0.482. The molecule has 0 spiro atoms. The van der Waals surface area contributed by atoms with Gasteiger partial charge in [0.2, 0.25) is 11.8 Å². The third kappa shape index (κ3) is 4.44. The van der Waals surface area contributed by atoms with Crippen LogP contribution in [-0.4, -0.2) is 60.7 Å². The number of carbonyl (C=O) groups is 3. The molecule has 0 aromatic heterocycles. The van der Waals surface area contributed by atoms with Crippen LogP contribution in [-0.2, 0) is 19.1 Å². The summed E-state index contributed by atoms with van der Waals surface area (Å²) in [6.07, 6.45) is 4.48. The molecule has 0 bridgehead atoms. The van der Waals surface area contributed by atoms with Crippen molar-refractivity contribution >= 4 is 23.5 Å². The van der Waals surface area contributed by atoms with Crippen LogP contribution in [0.2, 0.25) is 0 Å². The smallest absolute Gasteiger partial charge is 0.310 e. The number of aliphatic hydroxyl groups is 1. The summed E-state index contributed by atoms with van der Waals surface area (Å²) in [5, 5.41) is 12.4. The van der Waals surface area contributed by atoms with Crippen LogP contribution in [0.5, 0.6) is 5.75 Å². The highest BCUT2D eigenvalue weighted by Crippen LogP contribution is 2.45. The summed E-state index contributed by atoms with van der Waals surface area (Å²) in [5.41, 5.74) is 0.568. The number of methoxy groups -OCH3 is 1. The van der Waals surface area contributed by atoms with E-state index < -0.39 is 29.8 Å². The number of allylic oxidation sites excluding steroid dienone is 1. The molecular weight excluding hydrogens is 400 g/mol. The number of hydrogen-bond acceptors (Lipinski definition) is 6. The minimum Gasteiger partial charge on any atom is -0.497 e. The maximum absolute atomic E-state index is 13.3. The Morgan fingerprint density at radius 3 is 2.45 bits per heavy atom. The maximum Gasteiger partial charge on any atom is 0.310 e. The fraction of sp³-hybridized carbons (Fsp3) is 0.522. The predicted molar refractivity (Wildman–Crippen MR) is 114 cm³/mol. The molecular formula is C23H30N2O6. The van der Waals surface area contributed by atoms with Gasteiger partial charge >= 0.3 is 5.97 Å². The summed E-state index contributed by atoms with van der Waals surface area (Å²) in [6, 6.07) is 6.07. The molecule has 1 aromatic rings. The first-order valence-corrected chi connectivity index (χ1v) is 10.7. The first-order chi connectivity index (χ1) is 15.0. The molecule has 1 saturated heterocycles. The van der Waals surface area contributed by atoms with Crippen LogP contribution >= 0.6 is 0 Å². The number of anilines is 1. The first kappa shape index (κ1) is 22.8. The minimum atomic E-state index is -0.822. The van der Waals surface area contributed by atoms with Crippen LogP contribution in [0.25, 0.3) is 0 Å². The summed E-state index contributed by atoms with van der Waals surface area (Å²) in [6.45, 7) is 3.66. The van der Waals surface area contributed by atoms with Gasteiger partial charge < -0.3 is 24.8 Å². The highest BCUT2D eigenvalue weighted by atomic mass is 16.5. The molecule has 1 aliphatic carbocycles. The summed E-state index contributed by atoms with van der Waals surface area (Å²) in [5.74, 6) is -2.36. The predicted octanol–water partition coefficient (Wildman–Crippen LogP) is 1.84. The number of β-amino-alcohol motifs (C(OH)–C–C–N with tert-alkyl or cyclic N) is 1. The molecule has 0 saturated carbocycles. The zero-order valence-electron chi connectivity index (χ0n) is 18.1. The SMILES string of the molecule is CCOC(=O)[C@H]1[C@H]2C(=O)N(CCO)[C@H](C(=O)Nc3ccc(OC)cc3)[C@H]2C=C[C@H]1CC. The summed E-state index contributed by atoms with van der Waals surface area (Å²) in [4.78, 5) is 40.7. The van der Waals surface area contributed by atoms with E-state index in [9.17, 15) is 19.5 Å². The van der Waals surface area contributed by atoms with E-state index in [4.69, 9.17) is 9.47 Å². The van der Waals surface area contributed by atoms with Crippen LogP contribution in [0.15, 0.2) is 36.4 Å². The molecule has 1 aromatic carbocycles. The first-order valence-electron chi connectivity index (χ1n) is 10.7. The van der Waals surface area contributed by atoms with Crippen molar-refractivity contribution in [2.45, 2.75) is 26.3 Å². The molecule has 2 aliphatic rings. The monoisotopic (exact) mass is 430 g/mol. The highest BCUT2D eigenvalue weighted by Gasteiger charge is 2.57. The number of aliphatic hydroxyl groups excluding tert-OH is 1. The van der Waals surface area contributed by atoms with Crippen molar-refractivity contribution in [3.8, 4) is 5.75 Å². The van der Waals surface area contributed by atoms with Gasteiger partial charge in [0.15, 0.2) is 0 Å². The van der Waals surface area contributed by atoms with Gasteiger partial charge in [0.25, 0.3) is 0 Å². The Hall–Kier alpha value is -2.87. The van der Waals surface area contributed by atoms with E-state index in [1.807, 2.05) is 19.1 Å². The molecule has 2 N–H and O–H groups in total. The van der Waals surface area contributed by atoms with Crippen molar-refractivity contribution in [1.82, 2.24) is 4.90 Å². The van der Waals surface area contributed by atoms with E-state index in [1.54, 1.807) is 38.3 Å². The zero-order chi connectivity index (χ0) is 22.5. The van der Waals surface area contributed by atoms with Gasteiger partial charge in [-0.15, -0.1) is 0 Å². The Morgan fingerprint density at radius 1 is 1.16 bits per heavy atom. The van der Waals surface area contributed by atoms with Gasteiger partial charge in [0, 0.05) is 18.2 Å². The number of fused-ring (bicyclic) bond motifs is 1.